The number of aliphatic hydroxyl groups excluding tert-OH is 1. The first-order valence-electron chi connectivity index (χ1n) is 8.64. The Morgan fingerprint density at radius 1 is 1.26 bits per heavy atom. The van der Waals surface area contributed by atoms with Gasteiger partial charge in [-0.15, -0.1) is 0 Å². The highest BCUT2D eigenvalue weighted by molar-refractivity contribution is 5.83. The molecule has 1 atom stereocenters. The molecule has 1 heterocycles. The lowest BCUT2D eigenvalue weighted by Gasteiger charge is -2.37. The zero-order chi connectivity index (χ0) is 15.9. The standard InChI is InChI=1S/C17H24N4O2/c22-13-8-17(9-13)10-14(17)15(23)21-12-6-11(7-12)2-5-20-16-18-3-1-4-19-16/h1,3-4,11-14,22H,2,5-10H2,(H,21,23)(H,18,19,20). The largest absolute Gasteiger partial charge is 0.393 e. The first kappa shape index (κ1) is 14.9. The van der Waals surface area contributed by atoms with E-state index in [0.717, 1.165) is 45.1 Å². The van der Waals surface area contributed by atoms with Crippen LogP contribution >= 0.6 is 0 Å². The Morgan fingerprint density at radius 2 is 2.00 bits per heavy atom. The molecule has 3 aliphatic rings. The summed E-state index contributed by atoms with van der Waals surface area (Å²) in [6.45, 7) is 0.874. The molecule has 1 aromatic heterocycles. The van der Waals surface area contributed by atoms with Crippen LogP contribution in [0.25, 0.3) is 0 Å². The van der Waals surface area contributed by atoms with Crippen molar-refractivity contribution >= 4 is 11.9 Å². The van der Waals surface area contributed by atoms with Crippen LogP contribution in [-0.4, -0.2) is 39.7 Å². The van der Waals surface area contributed by atoms with E-state index in [9.17, 15) is 9.90 Å². The van der Waals surface area contributed by atoms with Crippen LogP contribution in [0, 0.1) is 17.3 Å². The van der Waals surface area contributed by atoms with Gasteiger partial charge in [-0.3, -0.25) is 4.79 Å². The fourth-order valence-corrected chi connectivity index (χ4v) is 4.22. The van der Waals surface area contributed by atoms with E-state index in [1.165, 1.54) is 0 Å². The van der Waals surface area contributed by atoms with E-state index in [1.807, 2.05) is 0 Å². The van der Waals surface area contributed by atoms with Gasteiger partial charge in [0, 0.05) is 30.9 Å². The van der Waals surface area contributed by atoms with Crippen LogP contribution in [0.15, 0.2) is 18.5 Å². The Bertz CT molecular complexity index is 567. The van der Waals surface area contributed by atoms with Crippen molar-refractivity contribution < 1.29 is 9.90 Å². The summed E-state index contributed by atoms with van der Waals surface area (Å²) in [5.74, 6) is 1.74. The maximum atomic E-state index is 12.2. The SMILES string of the molecule is O=C(NC1CC(CCNc2ncccn2)C1)C1CC12CC(O)C2. The Hall–Kier alpha value is -1.69. The number of amides is 1. The van der Waals surface area contributed by atoms with Crippen LogP contribution in [0.2, 0.25) is 0 Å². The van der Waals surface area contributed by atoms with Crippen LogP contribution in [0.4, 0.5) is 5.95 Å². The number of hydrogen-bond acceptors (Lipinski definition) is 5. The number of aliphatic hydroxyl groups is 1. The quantitative estimate of drug-likeness (QED) is 0.737. The number of carbonyl (C=O) groups excluding carboxylic acids is 1. The van der Waals surface area contributed by atoms with Crippen molar-refractivity contribution in [3.8, 4) is 0 Å². The number of rotatable bonds is 6. The molecule has 3 saturated carbocycles. The third-order valence-corrected chi connectivity index (χ3v) is 5.77. The number of nitrogens with zero attached hydrogens (tertiary/aromatic N) is 2. The van der Waals surface area contributed by atoms with E-state index < -0.39 is 0 Å². The van der Waals surface area contributed by atoms with Gasteiger partial charge in [-0.2, -0.15) is 0 Å². The highest BCUT2D eigenvalue weighted by atomic mass is 16.3. The van der Waals surface area contributed by atoms with Gasteiger partial charge in [0.2, 0.25) is 11.9 Å². The first-order valence-corrected chi connectivity index (χ1v) is 8.64. The Morgan fingerprint density at radius 3 is 2.70 bits per heavy atom. The fourth-order valence-electron chi connectivity index (χ4n) is 4.22. The molecule has 124 valence electrons. The van der Waals surface area contributed by atoms with Crippen LogP contribution in [-0.2, 0) is 4.79 Å². The lowest BCUT2D eigenvalue weighted by molar-refractivity contribution is -0.126. The number of hydrogen-bond donors (Lipinski definition) is 3. The van der Waals surface area contributed by atoms with Crippen molar-refractivity contribution in [2.75, 3.05) is 11.9 Å². The second-order valence-corrected chi connectivity index (χ2v) is 7.51. The van der Waals surface area contributed by atoms with Crippen molar-refractivity contribution in [3.63, 3.8) is 0 Å². The van der Waals surface area contributed by atoms with E-state index in [2.05, 4.69) is 20.6 Å². The summed E-state index contributed by atoms with van der Waals surface area (Å²) in [5.41, 5.74) is 0.173. The lowest BCUT2D eigenvalue weighted by Crippen LogP contribution is -2.46. The van der Waals surface area contributed by atoms with E-state index >= 15 is 0 Å². The molecule has 1 aromatic rings. The minimum absolute atomic E-state index is 0.165. The van der Waals surface area contributed by atoms with E-state index in [-0.39, 0.29) is 23.3 Å². The second kappa shape index (κ2) is 5.74. The van der Waals surface area contributed by atoms with Gasteiger partial charge < -0.3 is 15.7 Å². The summed E-state index contributed by atoms with van der Waals surface area (Å²) in [6, 6.07) is 2.15. The molecule has 0 saturated heterocycles. The average molecular weight is 316 g/mol. The second-order valence-electron chi connectivity index (χ2n) is 7.51. The molecule has 1 amide bonds. The maximum absolute atomic E-state index is 12.2. The molecule has 6 heteroatoms. The van der Waals surface area contributed by atoms with Crippen molar-refractivity contribution in [1.82, 2.24) is 15.3 Å². The molecule has 23 heavy (non-hydrogen) atoms. The zero-order valence-electron chi connectivity index (χ0n) is 13.2. The molecule has 3 N–H and O–H groups in total. The number of carbonyl (C=O) groups is 1. The molecule has 0 aliphatic heterocycles. The summed E-state index contributed by atoms with van der Waals surface area (Å²) in [5, 5.41) is 15.8. The Balaban J connectivity index is 1.11. The maximum Gasteiger partial charge on any atom is 0.223 e. The predicted octanol–water partition coefficient (Wildman–Crippen LogP) is 1.33. The number of nitrogens with one attached hydrogen (secondary N) is 2. The molecular formula is C17H24N4O2. The van der Waals surface area contributed by atoms with Gasteiger partial charge >= 0.3 is 0 Å². The molecule has 4 rings (SSSR count). The van der Waals surface area contributed by atoms with Crippen LogP contribution in [0.3, 0.4) is 0 Å². The Labute approximate surface area is 136 Å². The van der Waals surface area contributed by atoms with Crippen LogP contribution < -0.4 is 10.6 Å². The molecule has 6 nitrogen and oxygen atoms in total. The van der Waals surface area contributed by atoms with Crippen molar-refractivity contribution in [1.29, 1.82) is 0 Å². The van der Waals surface area contributed by atoms with E-state index in [4.69, 9.17) is 0 Å². The molecule has 3 fully saturated rings. The summed E-state index contributed by atoms with van der Waals surface area (Å²) in [4.78, 5) is 20.5. The molecule has 0 radical (unpaired) electrons. The lowest BCUT2D eigenvalue weighted by atomic mass is 9.76. The minimum atomic E-state index is -0.165. The van der Waals surface area contributed by atoms with Crippen molar-refractivity contribution in [3.05, 3.63) is 18.5 Å². The van der Waals surface area contributed by atoms with Gasteiger partial charge in [-0.1, -0.05) is 0 Å². The van der Waals surface area contributed by atoms with Gasteiger partial charge in [0.25, 0.3) is 0 Å². The third-order valence-electron chi connectivity index (χ3n) is 5.77. The minimum Gasteiger partial charge on any atom is -0.393 e. The highest BCUT2D eigenvalue weighted by Gasteiger charge is 2.64. The van der Waals surface area contributed by atoms with Crippen LogP contribution in [0.5, 0.6) is 0 Å². The molecule has 1 unspecified atom stereocenters. The fraction of sp³-hybridized carbons (Fsp3) is 0.706. The molecule has 1 spiro atoms. The van der Waals surface area contributed by atoms with Gasteiger partial charge in [0.05, 0.1) is 6.10 Å². The first-order chi connectivity index (χ1) is 11.1. The number of aromatic nitrogens is 2. The topological polar surface area (TPSA) is 87.1 Å². The van der Waals surface area contributed by atoms with E-state index in [0.29, 0.717) is 17.9 Å². The summed E-state index contributed by atoms with van der Waals surface area (Å²) >= 11 is 0. The molecule has 3 aliphatic carbocycles. The van der Waals surface area contributed by atoms with Gasteiger partial charge in [-0.25, -0.2) is 9.97 Å². The summed E-state index contributed by atoms with van der Waals surface area (Å²) < 4.78 is 0. The molecule has 0 bridgehead atoms. The zero-order valence-corrected chi connectivity index (χ0v) is 13.2. The van der Waals surface area contributed by atoms with Gasteiger partial charge in [-0.05, 0) is 55.9 Å². The predicted molar refractivity (Wildman–Crippen MR) is 85.6 cm³/mol. The van der Waals surface area contributed by atoms with Crippen molar-refractivity contribution in [2.45, 2.75) is 50.7 Å². The van der Waals surface area contributed by atoms with E-state index in [1.54, 1.807) is 18.5 Å². The third kappa shape index (κ3) is 3.04. The van der Waals surface area contributed by atoms with Gasteiger partial charge in [0.1, 0.15) is 0 Å². The highest BCUT2D eigenvalue weighted by Crippen LogP contribution is 2.65. The number of anilines is 1. The smallest absolute Gasteiger partial charge is 0.223 e. The molecular weight excluding hydrogens is 292 g/mol. The molecule has 0 aromatic carbocycles. The van der Waals surface area contributed by atoms with Crippen molar-refractivity contribution in [2.24, 2.45) is 17.3 Å². The Kier molecular flexibility index (Phi) is 3.71. The summed E-state index contributed by atoms with van der Waals surface area (Å²) in [7, 11) is 0. The van der Waals surface area contributed by atoms with Crippen LogP contribution in [0.1, 0.15) is 38.5 Å². The normalized spacial score (nSPS) is 37.6. The average Bonchev–Trinajstić information content (AvgIpc) is 3.20. The van der Waals surface area contributed by atoms with Gasteiger partial charge in [0.15, 0.2) is 0 Å². The summed E-state index contributed by atoms with van der Waals surface area (Å²) in [6.07, 6.45) is 9.17. The monoisotopic (exact) mass is 316 g/mol.